The number of aryl methyl sites for hydroxylation is 1. The average Bonchev–Trinajstić information content (AvgIpc) is 2.90. The minimum atomic E-state index is -0.0133. The molecule has 20 heavy (non-hydrogen) atoms. The molecule has 3 N–H and O–H groups in total. The molecule has 0 aromatic heterocycles. The van der Waals surface area contributed by atoms with Crippen LogP contribution in [0.15, 0.2) is 18.2 Å². The van der Waals surface area contributed by atoms with Gasteiger partial charge in [-0.05, 0) is 49.9 Å². The van der Waals surface area contributed by atoms with E-state index in [4.69, 9.17) is 15.2 Å². The lowest BCUT2D eigenvalue weighted by atomic mass is 9.92. The Hall–Kier alpha value is -1.26. The van der Waals surface area contributed by atoms with Gasteiger partial charge < -0.3 is 20.5 Å². The van der Waals surface area contributed by atoms with Crippen LogP contribution in [-0.2, 0) is 6.42 Å². The number of fused-ring (bicyclic) bond motifs is 1. The van der Waals surface area contributed by atoms with E-state index in [-0.39, 0.29) is 5.54 Å². The summed E-state index contributed by atoms with van der Waals surface area (Å²) in [5.41, 5.74) is 7.19. The SMILES string of the molecule is CC(C)CNC(C)(CN)CCc1ccc2c(c1)OCO2. The quantitative estimate of drug-likeness (QED) is 0.803. The second kappa shape index (κ2) is 6.46. The summed E-state index contributed by atoms with van der Waals surface area (Å²) in [5.74, 6) is 2.33. The zero-order valence-electron chi connectivity index (χ0n) is 12.7. The van der Waals surface area contributed by atoms with E-state index in [9.17, 15) is 0 Å². The Morgan fingerprint density at radius 3 is 2.75 bits per heavy atom. The van der Waals surface area contributed by atoms with Gasteiger partial charge in [-0.2, -0.15) is 0 Å². The molecule has 1 heterocycles. The fourth-order valence-electron chi connectivity index (χ4n) is 2.23. The fourth-order valence-corrected chi connectivity index (χ4v) is 2.23. The minimum absolute atomic E-state index is 0.0133. The molecule has 2 rings (SSSR count). The number of nitrogens with one attached hydrogen (secondary N) is 1. The topological polar surface area (TPSA) is 56.5 Å². The highest BCUT2D eigenvalue weighted by Crippen LogP contribution is 2.33. The van der Waals surface area contributed by atoms with Gasteiger partial charge in [0.15, 0.2) is 11.5 Å². The molecule has 0 fully saturated rings. The van der Waals surface area contributed by atoms with E-state index in [2.05, 4.69) is 38.2 Å². The fraction of sp³-hybridized carbons (Fsp3) is 0.625. The van der Waals surface area contributed by atoms with Crippen LogP contribution < -0.4 is 20.5 Å². The molecule has 0 spiro atoms. The summed E-state index contributed by atoms with van der Waals surface area (Å²) in [6, 6.07) is 6.16. The van der Waals surface area contributed by atoms with Crippen LogP contribution >= 0.6 is 0 Å². The maximum absolute atomic E-state index is 5.94. The predicted octanol–water partition coefficient (Wildman–Crippen LogP) is 2.31. The molecule has 0 bridgehead atoms. The zero-order chi connectivity index (χ0) is 14.6. The molecule has 4 heteroatoms. The Morgan fingerprint density at radius 1 is 1.30 bits per heavy atom. The number of hydrogen-bond acceptors (Lipinski definition) is 4. The van der Waals surface area contributed by atoms with Gasteiger partial charge >= 0.3 is 0 Å². The molecule has 1 aliphatic rings. The predicted molar refractivity (Wildman–Crippen MR) is 81.2 cm³/mol. The summed E-state index contributed by atoms with van der Waals surface area (Å²) in [6.07, 6.45) is 1.99. The summed E-state index contributed by atoms with van der Waals surface area (Å²) < 4.78 is 10.7. The van der Waals surface area contributed by atoms with Gasteiger partial charge in [0.25, 0.3) is 0 Å². The van der Waals surface area contributed by atoms with Crippen molar-refractivity contribution in [3.8, 4) is 11.5 Å². The maximum atomic E-state index is 5.94. The van der Waals surface area contributed by atoms with Crippen molar-refractivity contribution >= 4 is 0 Å². The van der Waals surface area contributed by atoms with Crippen molar-refractivity contribution in [2.45, 2.75) is 39.2 Å². The smallest absolute Gasteiger partial charge is 0.231 e. The van der Waals surface area contributed by atoms with Crippen LogP contribution in [0.4, 0.5) is 0 Å². The molecular weight excluding hydrogens is 252 g/mol. The van der Waals surface area contributed by atoms with E-state index in [0.717, 1.165) is 30.9 Å². The highest BCUT2D eigenvalue weighted by molar-refractivity contribution is 5.44. The molecule has 1 atom stereocenters. The molecule has 1 aromatic carbocycles. The number of ether oxygens (including phenoxy) is 2. The van der Waals surface area contributed by atoms with Gasteiger partial charge in [-0.25, -0.2) is 0 Å². The third-order valence-electron chi connectivity index (χ3n) is 3.79. The molecular formula is C16H26N2O2. The molecule has 1 aliphatic heterocycles. The molecule has 1 unspecified atom stereocenters. The lowest BCUT2D eigenvalue weighted by molar-refractivity contribution is 0.174. The van der Waals surface area contributed by atoms with Gasteiger partial charge in [-0.3, -0.25) is 0 Å². The van der Waals surface area contributed by atoms with Gasteiger partial charge in [-0.15, -0.1) is 0 Å². The molecule has 4 nitrogen and oxygen atoms in total. The summed E-state index contributed by atoms with van der Waals surface area (Å²) >= 11 is 0. The molecule has 0 radical (unpaired) electrons. The van der Waals surface area contributed by atoms with Gasteiger partial charge in [-0.1, -0.05) is 19.9 Å². The Morgan fingerprint density at radius 2 is 2.05 bits per heavy atom. The first-order valence-electron chi connectivity index (χ1n) is 7.36. The minimum Gasteiger partial charge on any atom is -0.454 e. The van der Waals surface area contributed by atoms with Crippen molar-refractivity contribution in [3.05, 3.63) is 23.8 Å². The van der Waals surface area contributed by atoms with Crippen LogP contribution in [0.5, 0.6) is 11.5 Å². The van der Waals surface area contributed by atoms with E-state index < -0.39 is 0 Å². The molecule has 0 aliphatic carbocycles. The molecule has 112 valence electrons. The highest BCUT2D eigenvalue weighted by atomic mass is 16.7. The zero-order valence-corrected chi connectivity index (χ0v) is 12.7. The molecule has 0 amide bonds. The van der Waals surface area contributed by atoms with Crippen LogP contribution in [0.3, 0.4) is 0 Å². The van der Waals surface area contributed by atoms with Crippen molar-refractivity contribution in [2.75, 3.05) is 19.9 Å². The molecule has 0 saturated heterocycles. The first-order valence-corrected chi connectivity index (χ1v) is 7.36. The summed E-state index contributed by atoms with van der Waals surface area (Å²) in [7, 11) is 0. The van der Waals surface area contributed by atoms with Crippen LogP contribution in [-0.4, -0.2) is 25.4 Å². The van der Waals surface area contributed by atoms with Crippen molar-refractivity contribution < 1.29 is 9.47 Å². The Bertz CT molecular complexity index is 448. The largest absolute Gasteiger partial charge is 0.454 e. The first-order chi connectivity index (χ1) is 9.52. The van der Waals surface area contributed by atoms with E-state index in [0.29, 0.717) is 19.3 Å². The average molecular weight is 278 g/mol. The van der Waals surface area contributed by atoms with Crippen LogP contribution in [0, 0.1) is 5.92 Å². The lowest BCUT2D eigenvalue weighted by Gasteiger charge is -2.30. The number of benzene rings is 1. The van der Waals surface area contributed by atoms with Crippen molar-refractivity contribution in [2.24, 2.45) is 11.7 Å². The second-order valence-electron chi connectivity index (χ2n) is 6.23. The van der Waals surface area contributed by atoms with E-state index in [1.54, 1.807) is 0 Å². The van der Waals surface area contributed by atoms with Gasteiger partial charge in [0.05, 0.1) is 0 Å². The van der Waals surface area contributed by atoms with E-state index in [1.807, 2.05) is 6.07 Å². The monoisotopic (exact) mass is 278 g/mol. The van der Waals surface area contributed by atoms with Crippen LogP contribution in [0.25, 0.3) is 0 Å². The first kappa shape index (κ1) is 15.1. The highest BCUT2D eigenvalue weighted by Gasteiger charge is 2.22. The number of nitrogens with two attached hydrogens (primary N) is 1. The van der Waals surface area contributed by atoms with Crippen molar-refractivity contribution in [1.82, 2.24) is 5.32 Å². The van der Waals surface area contributed by atoms with E-state index >= 15 is 0 Å². The molecule has 1 aromatic rings. The third-order valence-corrected chi connectivity index (χ3v) is 3.79. The number of hydrogen-bond donors (Lipinski definition) is 2. The van der Waals surface area contributed by atoms with Crippen molar-refractivity contribution in [1.29, 1.82) is 0 Å². The lowest BCUT2D eigenvalue weighted by Crippen LogP contribution is -2.50. The van der Waals surface area contributed by atoms with Crippen molar-refractivity contribution in [3.63, 3.8) is 0 Å². The summed E-state index contributed by atoms with van der Waals surface area (Å²) in [6.45, 7) is 8.58. The number of rotatable bonds is 7. The second-order valence-corrected chi connectivity index (χ2v) is 6.23. The Kier molecular flexibility index (Phi) is 4.89. The van der Waals surface area contributed by atoms with Gasteiger partial charge in [0.1, 0.15) is 0 Å². The maximum Gasteiger partial charge on any atom is 0.231 e. The Labute approximate surface area is 121 Å². The summed E-state index contributed by atoms with van der Waals surface area (Å²) in [5, 5.41) is 3.59. The summed E-state index contributed by atoms with van der Waals surface area (Å²) in [4.78, 5) is 0. The van der Waals surface area contributed by atoms with Crippen LogP contribution in [0.1, 0.15) is 32.8 Å². The standard InChI is InChI=1S/C16H26N2O2/c1-12(2)9-18-16(3,10-17)7-6-13-4-5-14-15(8-13)20-11-19-14/h4-5,8,12,18H,6-7,9-11,17H2,1-3H3. The van der Waals surface area contributed by atoms with Gasteiger partial charge in [0.2, 0.25) is 6.79 Å². The van der Waals surface area contributed by atoms with E-state index in [1.165, 1.54) is 5.56 Å². The Balaban J connectivity index is 1.92. The molecule has 0 saturated carbocycles. The third kappa shape index (κ3) is 3.87. The normalized spacial score (nSPS) is 16.4. The van der Waals surface area contributed by atoms with Crippen LogP contribution in [0.2, 0.25) is 0 Å². The van der Waals surface area contributed by atoms with Gasteiger partial charge in [0, 0.05) is 12.1 Å².